The number of amides is 1. The maximum atomic E-state index is 12.7. The Kier molecular flexibility index (Phi) is 4.80. The van der Waals surface area contributed by atoms with E-state index >= 15 is 0 Å². The predicted octanol–water partition coefficient (Wildman–Crippen LogP) is 4.51. The van der Waals surface area contributed by atoms with E-state index in [1.54, 1.807) is 6.20 Å². The van der Waals surface area contributed by atoms with Crippen LogP contribution in [0.2, 0.25) is 0 Å². The van der Waals surface area contributed by atoms with E-state index in [0.29, 0.717) is 5.92 Å². The van der Waals surface area contributed by atoms with Crippen LogP contribution in [0.5, 0.6) is 0 Å². The van der Waals surface area contributed by atoms with Crippen molar-refractivity contribution in [3.8, 4) is 0 Å². The highest BCUT2D eigenvalue weighted by molar-refractivity contribution is 5.83. The van der Waals surface area contributed by atoms with Crippen LogP contribution in [-0.4, -0.2) is 17.4 Å². The molecule has 3 heteroatoms. The van der Waals surface area contributed by atoms with Gasteiger partial charge in [-0.3, -0.25) is 9.78 Å². The van der Waals surface area contributed by atoms with Gasteiger partial charge in [-0.05, 0) is 49.3 Å². The van der Waals surface area contributed by atoms with Crippen LogP contribution >= 0.6 is 0 Å². The molecule has 0 bridgehead atoms. The van der Waals surface area contributed by atoms with Crippen molar-refractivity contribution in [2.75, 3.05) is 6.54 Å². The summed E-state index contributed by atoms with van der Waals surface area (Å²) < 4.78 is 0. The maximum absolute atomic E-state index is 12.7. The molecule has 1 aromatic carbocycles. The first-order valence-electron chi connectivity index (χ1n) is 9.93. The number of rotatable bonds is 5. The maximum Gasteiger partial charge on any atom is 0.223 e. The lowest BCUT2D eigenvalue weighted by Gasteiger charge is -2.38. The van der Waals surface area contributed by atoms with Crippen LogP contribution in [0.3, 0.4) is 0 Å². The largest absolute Gasteiger partial charge is 0.355 e. The van der Waals surface area contributed by atoms with Crippen molar-refractivity contribution in [3.05, 3.63) is 65.5 Å². The first-order valence-corrected chi connectivity index (χ1v) is 9.93. The number of carbonyl (C=O) groups excluding carboxylic acids is 1. The summed E-state index contributed by atoms with van der Waals surface area (Å²) in [4.78, 5) is 16.9. The predicted molar refractivity (Wildman–Crippen MR) is 104 cm³/mol. The summed E-state index contributed by atoms with van der Waals surface area (Å²) in [5.74, 6) is 0.693. The van der Waals surface area contributed by atoms with Gasteiger partial charge in [0.1, 0.15) is 0 Å². The molecule has 3 nitrogen and oxygen atoms in total. The van der Waals surface area contributed by atoms with Gasteiger partial charge in [0.2, 0.25) is 5.91 Å². The van der Waals surface area contributed by atoms with Crippen molar-refractivity contribution in [1.29, 1.82) is 0 Å². The van der Waals surface area contributed by atoms with E-state index in [9.17, 15) is 4.79 Å². The lowest BCUT2D eigenvalue weighted by molar-refractivity contribution is -0.122. The van der Waals surface area contributed by atoms with Gasteiger partial charge in [-0.1, -0.05) is 55.2 Å². The fourth-order valence-electron chi connectivity index (χ4n) is 4.61. The van der Waals surface area contributed by atoms with Gasteiger partial charge in [-0.2, -0.15) is 0 Å². The van der Waals surface area contributed by atoms with Crippen LogP contribution in [0.4, 0.5) is 0 Å². The summed E-state index contributed by atoms with van der Waals surface area (Å²) in [6, 6.07) is 12.9. The first-order chi connectivity index (χ1) is 12.7. The van der Waals surface area contributed by atoms with E-state index in [2.05, 4.69) is 47.6 Å². The fourth-order valence-corrected chi connectivity index (χ4v) is 4.61. The molecule has 1 heterocycles. The molecule has 0 unspecified atom stereocenters. The number of hydrogen-bond donors (Lipinski definition) is 1. The molecule has 26 heavy (non-hydrogen) atoms. The van der Waals surface area contributed by atoms with E-state index in [1.165, 1.54) is 48.8 Å². The minimum atomic E-state index is 0.110. The number of aryl methyl sites for hydroxylation is 1. The molecule has 2 fully saturated rings. The Labute approximate surface area is 156 Å². The summed E-state index contributed by atoms with van der Waals surface area (Å²) >= 11 is 0. The average Bonchev–Trinajstić information content (AvgIpc) is 3.49. The summed E-state index contributed by atoms with van der Waals surface area (Å²) in [5.41, 5.74) is 4.01. The third-order valence-corrected chi connectivity index (χ3v) is 6.28. The Morgan fingerprint density at radius 3 is 2.77 bits per heavy atom. The molecule has 0 saturated heterocycles. The zero-order valence-corrected chi connectivity index (χ0v) is 15.6. The number of aromatic nitrogens is 1. The minimum absolute atomic E-state index is 0.110. The van der Waals surface area contributed by atoms with Crippen LogP contribution in [0, 0.1) is 12.8 Å². The van der Waals surface area contributed by atoms with Crippen LogP contribution in [-0.2, 0) is 10.2 Å². The normalized spacial score (nSPS) is 24.0. The molecule has 4 rings (SSSR count). The highest BCUT2D eigenvalue weighted by Crippen LogP contribution is 2.47. The molecule has 2 aromatic rings. The quantitative estimate of drug-likeness (QED) is 0.864. The van der Waals surface area contributed by atoms with Gasteiger partial charge in [-0.25, -0.2) is 0 Å². The Morgan fingerprint density at radius 1 is 1.19 bits per heavy atom. The monoisotopic (exact) mass is 348 g/mol. The van der Waals surface area contributed by atoms with E-state index < -0.39 is 0 Å². The van der Waals surface area contributed by atoms with Gasteiger partial charge in [0.05, 0.1) is 0 Å². The van der Waals surface area contributed by atoms with Crippen molar-refractivity contribution >= 4 is 5.91 Å². The molecule has 0 spiro atoms. The van der Waals surface area contributed by atoms with E-state index in [0.717, 1.165) is 13.0 Å². The lowest BCUT2D eigenvalue weighted by Crippen LogP contribution is -2.42. The second-order valence-corrected chi connectivity index (χ2v) is 8.16. The van der Waals surface area contributed by atoms with E-state index in [4.69, 9.17) is 0 Å². The summed E-state index contributed by atoms with van der Waals surface area (Å²) in [5, 5.41) is 3.31. The van der Waals surface area contributed by atoms with Crippen LogP contribution < -0.4 is 5.32 Å². The zero-order valence-electron chi connectivity index (χ0n) is 15.6. The highest BCUT2D eigenvalue weighted by Gasteiger charge is 2.45. The molecule has 136 valence electrons. The van der Waals surface area contributed by atoms with Crippen molar-refractivity contribution in [3.63, 3.8) is 0 Å². The van der Waals surface area contributed by atoms with E-state index in [-0.39, 0.29) is 17.2 Å². The highest BCUT2D eigenvalue weighted by atomic mass is 16.2. The summed E-state index contributed by atoms with van der Waals surface area (Å²) in [6.45, 7) is 2.92. The molecule has 1 N–H and O–H groups in total. The van der Waals surface area contributed by atoms with Gasteiger partial charge in [0, 0.05) is 30.3 Å². The second kappa shape index (κ2) is 7.22. The molecular formula is C23H28N2O. The molecule has 1 amide bonds. The Balaban J connectivity index is 1.43. The Hall–Kier alpha value is -2.16. The second-order valence-electron chi connectivity index (χ2n) is 8.16. The molecule has 1 aromatic heterocycles. The number of hydrogen-bond acceptors (Lipinski definition) is 2. The minimum Gasteiger partial charge on any atom is -0.355 e. The average molecular weight is 348 g/mol. The number of nitrogens with zero attached hydrogens (tertiary/aromatic N) is 1. The van der Waals surface area contributed by atoms with Gasteiger partial charge in [0.15, 0.2) is 0 Å². The summed E-state index contributed by atoms with van der Waals surface area (Å²) in [7, 11) is 0. The lowest BCUT2D eigenvalue weighted by atomic mass is 9.69. The van der Waals surface area contributed by atoms with Crippen molar-refractivity contribution in [2.45, 2.75) is 56.8 Å². The van der Waals surface area contributed by atoms with Crippen LogP contribution in [0.15, 0.2) is 48.8 Å². The third-order valence-electron chi connectivity index (χ3n) is 6.28. The van der Waals surface area contributed by atoms with Crippen LogP contribution in [0.25, 0.3) is 0 Å². The molecule has 2 atom stereocenters. The SMILES string of the molecule is Cc1cccc(C2(CNC(=O)[C@H]3C[C@H]3c3cccnc3)CCCCC2)c1. The first kappa shape index (κ1) is 17.3. The topological polar surface area (TPSA) is 42.0 Å². The molecule has 0 aliphatic heterocycles. The molecule has 0 radical (unpaired) electrons. The standard InChI is InChI=1S/C23H28N2O/c1-17-7-5-9-19(13-17)23(10-3-2-4-11-23)16-25-22(26)21-14-20(21)18-8-6-12-24-15-18/h5-9,12-13,15,20-21H,2-4,10-11,14,16H2,1H3,(H,25,26)/t20-,21-/m0/s1. The Bertz CT molecular complexity index is 765. The third kappa shape index (κ3) is 3.53. The van der Waals surface area contributed by atoms with Gasteiger partial charge < -0.3 is 5.32 Å². The number of carbonyl (C=O) groups is 1. The number of benzene rings is 1. The molecular weight excluding hydrogens is 320 g/mol. The zero-order chi connectivity index (χ0) is 18.0. The molecule has 2 aliphatic rings. The molecule has 2 saturated carbocycles. The van der Waals surface area contributed by atoms with Gasteiger partial charge >= 0.3 is 0 Å². The van der Waals surface area contributed by atoms with Crippen molar-refractivity contribution < 1.29 is 4.79 Å². The van der Waals surface area contributed by atoms with Crippen LogP contribution in [0.1, 0.15) is 61.1 Å². The van der Waals surface area contributed by atoms with Crippen molar-refractivity contribution in [1.82, 2.24) is 10.3 Å². The Morgan fingerprint density at radius 2 is 2.04 bits per heavy atom. The van der Waals surface area contributed by atoms with Gasteiger partial charge in [0.25, 0.3) is 0 Å². The fraction of sp³-hybridized carbons (Fsp3) is 0.478. The van der Waals surface area contributed by atoms with Crippen molar-refractivity contribution in [2.24, 2.45) is 5.92 Å². The smallest absolute Gasteiger partial charge is 0.223 e. The summed E-state index contributed by atoms with van der Waals surface area (Å²) in [6.07, 6.45) is 10.8. The van der Waals surface area contributed by atoms with Gasteiger partial charge in [-0.15, -0.1) is 0 Å². The number of nitrogens with one attached hydrogen (secondary N) is 1. The van der Waals surface area contributed by atoms with E-state index in [1.807, 2.05) is 12.3 Å². The number of pyridine rings is 1. The molecule has 2 aliphatic carbocycles.